The molecule has 0 aromatic carbocycles. The molecule has 0 spiro atoms. The molecule has 4 bridgehead atoms. The molecule has 0 aromatic rings. The Hall–Kier alpha value is -1.05. The minimum absolute atomic E-state index is 0.385. The molecule has 8 atom stereocenters. The second-order valence-electron chi connectivity index (χ2n) is 8.81. The lowest BCUT2D eigenvalue weighted by Crippen LogP contribution is -2.09. The van der Waals surface area contributed by atoms with Crippen LogP contribution >= 0.6 is 11.1 Å². The maximum Gasteiger partial charge on any atom is 0.183 e. The Morgan fingerprint density at radius 3 is 1.70 bits per heavy atom. The van der Waals surface area contributed by atoms with Crippen LogP contribution in [0.3, 0.4) is 0 Å². The summed E-state index contributed by atoms with van der Waals surface area (Å²) >= 11 is 6.26. The summed E-state index contributed by atoms with van der Waals surface area (Å²) in [6, 6.07) is 0. The fourth-order valence-corrected chi connectivity index (χ4v) is 6.98. The Morgan fingerprint density at radius 1 is 0.852 bits per heavy atom. The molecule has 2 saturated carbocycles. The van der Waals surface area contributed by atoms with Crippen LogP contribution < -0.4 is 0 Å². The van der Waals surface area contributed by atoms with E-state index in [9.17, 15) is 0 Å². The molecule has 0 saturated heterocycles. The Balaban J connectivity index is 1.26. The van der Waals surface area contributed by atoms with E-state index in [0.29, 0.717) is 38.0 Å². The Bertz CT molecular complexity index is 616. The largest absolute Gasteiger partial charge is 0.183 e. The molecule has 0 amide bonds. The highest BCUT2D eigenvalue weighted by molar-refractivity contribution is 6.95. The Kier molecular flexibility index (Phi) is 6.09. The molecule has 0 aliphatic heterocycles. The third-order valence-corrected chi connectivity index (χ3v) is 8.95. The van der Waals surface area contributed by atoms with E-state index < -0.39 is 0 Å². The number of allylic oxidation sites excluding steroid dienone is 10. The monoisotopic (exact) mass is 394 g/mol. The first-order valence-corrected chi connectivity index (χ1v) is 12.6. The predicted octanol–water partition coefficient (Wildman–Crippen LogP) is 6.77. The van der Waals surface area contributed by atoms with Gasteiger partial charge in [0.05, 0.1) is 0 Å². The van der Waals surface area contributed by atoms with E-state index in [1.54, 1.807) is 0 Å². The van der Waals surface area contributed by atoms with Gasteiger partial charge in [-0.25, -0.2) is 0 Å². The van der Waals surface area contributed by atoms with Gasteiger partial charge in [-0.3, -0.25) is 0 Å². The van der Waals surface area contributed by atoms with Crippen molar-refractivity contribution in [3.63, 3.8) is 0 Å². The molecule has 0 nitrogen and oxygen atoms in total. The zero-order chi connectivity index (χ0) is 18.8. The van der Waals surface area contributed by atoms with Gasteiger partial charge in [0.2, 0.25) is 0 Å². The van der Waals surface area contributed by atoms with E-state index in [2.05, 4.69) is 73.9 Å². The lowest BCUT2D eigenvalue weighted by molar-refractivity contribution is 0.417. The SMILES string of the molecule is C=CC1CC2C=CC1C2CC=CC(C=CCC1C2C=CC1C(C=C)C2)[Si]Cl. The first-order chi connectivity index (χ1) is 13.2. The van der Waals surface area contributed by atoms with Gasteiger partial charge in [-0.2, -0.15) is 11.1 Å². The van der Waals surface area contributed by atoms with Crippen LogP contribution in [0.1, 0.15) is 25.7 Å². The van der Waals surface area contributed by atoms with Crippen LogP contribution in [0.5, 0.6) is 0 Å². The fourth-order valence-electron chi connectivity index (χ4n) is 6.13. The van der Waals surface area contributed by atoms with E-state index in [1.807, 2.05) is 0 Å². The van der Waals surface area contributed by atoms with Crippen LogP contribution in [0, 0.1) is 47.3 Å². The van der Waals surface area contributed by atoms with Crippen molar-refractivity contribution in [1.82, 2.24) is 0 Å². The zero-order valence-corrected chi connectivity index (χ0v) is 17.8. The van der Waals surface area contributed by atoms with Crippen molar-refractivity contribution in [2.24, 2.45) is 47.3 Å². The van der Waals surface area contributed by atoms with Gasteiger partial charge < -0.3 is 0 Å². The summed E-state index contributed by atoms with van der Waals surface area (Å²) in [7, 11) is 0.422. The van der Waals surface area contributed by atoms with Crippen molar-refractivity contribution >= 4 is 19.9 Å². The molecule has 8 unspecified atom stereocenters. The van der Waals surface area contributed by atoms with E-state index in [1.165, 1.54) is 25.7 Å². The van der Waals surface area contributed by atoms with Crippen LogP contribution in [-0.4, -0.2) is 8.83 Å². The highest BCUT2D eigenvalue weighted by Gasteiger charge is 2.43. The average Bonchev–Trinajstić information content (AvgIpc) is 3.45. The van der Waals surface area contributed by atoms with Gasteiger partial charge in [-0.1, -0.05) is 60.8 Å². The standard InChI is InChI=1S/C25H31ClSi/c1-3-17-15-19-11-13-24(17)22(19)9-5-7-21(27-26)8-6-10-23-20-12-14-25(23)18(4-2)16-20/h3-8,11-14,17-25H,1-2,9-10,15-16H2. The van der Waals surface area contributed by atoms with Crippen molar-refractivity contribution < 1.29 is 0 Å². The van der Waals surface area contributed by atoms with Gasteiger partial charge in [0.25, 0.3) is 0 Å². The Labute approximate surface area is 172 Å². The maximum atomic E-state index is 6.26. The molecule has 0 N–H and O–H groups in total. The quantitative estimate of drug-likeness (QED) is 0.230. The first-order valence-electron chi connectivity index (χ1n) is 10.6. The van der Waals surface area contributed by atoms with Crippen LogP contribution in [0.2, 0.25) is 5.54 Å². The molecular formula is C25H31ClSi. The number of halogens is 1. The highest BCUT2D eigenvalue weighted by Crippen LogP contribution is 2.51. The first kappa shape index (κ1) is 19.3. The number of hydrogen-bond donors (Lipinski definition) is 0. The highest BCUT2D eigenvalue weighted by atomic mass is 35.6. The van der Waals surface area contributed by atoms with E-state index in [4.69, 9.17) is 11.1 Å². The van der Waals surface area contributed by atoms with Crippen LogP contribution in [0.15, 0.2) is 73.9 Å². The summed E-state index contributed by atoms with van der Waals surface area (Å²) < 4.78 is 0. The van der Waals surface area contributed by atoms with Crippen molar-refractivity contribution in [1.29, 1.82) is 0 Å². The number of rotatable bonds is 9. The third kappa shape index (κ3) is 3.78. The summed E-state index contributed by atoms with van der Waals surface area (Å²) in [5, 5.41) is 0. The van der Waals surface area contributed by atoms with Crippen molar-refractivity contribution in [3.8, 4) is 0 Å². The van der Waals surface area contributed by atoms with Gasteiger partial charge >= 0.3 is 0 Å². The van der Waals surface area contributed by atoms with Crippen LogP contribution in [0.4, 0.5) is 0 Å². The Morgan fingerprint density at radius 2 is 1.33 bits per heavy atom. The molecule has 2 heteroatoms. The molecular weight excluding hydrogens is 364 g/mol. The lowest BCUT2D eigenvalue weighted by Gasteiger charge is -2.16. The second-order valence-corrected chi connectivity index (χ2v) is 10.4. The molecule has 2 fully saturated rings. The van der Waals surface area contributed by atoms with Gasteiger partial charge in [-0.05, 0) is 73.0 Å². The summed E-state index contributed by atoms with van der Waals surface area (Å²) in [6.07, 6.45) is 28.5. The molecule has 0 heterocycles. The number of fused-ring (bicyclic) bond motifs is 4. The maximum absolute atomic E-state index is 6.26. The topological polar surface area (TPSA) is 0 Å². The van der Waals surface area contributed by atoms with E-state index in [-0.39, 0.29) is 0 Å². The minimum Gasteiger partial charge on any atom is -0.170 e. The van der Waals surface area contributed by atoms with Crippen LogP contribution in [0.25, 0.3) is 0 Å². The summed E-state index contributed by atoms with van der Waals surface area (Å²) in [5.74, 6) is 5.90. The normalized spacial score (nSPS) is 42.7. The van der Waals surface area contributed by atoms with Crippen molar-refractivity contribution in [2.75, 3.05) is 0 Å². The second kappa shape index (κ2) is 8.53. The van der Waals surface area contributed by atoms with Crippen LogP contribution in [-0.2, 0) is 0 Å². The summed E-state index contributed by atoms with van der Waals surface area (Å²) in [4.78, 5) is 0. The van der Waals surface area contributed by atoms with Gasteiger partial charge in [-0.15, -0.1) is 13.2 Å². The summed E-state index contributed by atoms with van der Waals surface area (Å²) in [6.45, 7) is 8.04. The minimum atomic E-state index is 0.385. The van der Waals surface area contributed by atoms with Gasteiger partial charge in [0, 0.05) is 5.54 Å². The lowest BCUT2D eigenvalue weighted by atomic mass is 9.89. The van der Waals surface area contributed by atoms with E-state index in [0.717, 1.165) is 23.7 Å². The van der Waals surface area contributed by atoms with Crippen molar-refractivity contribution in [2.45, 2.75) is 31.2 Å². The fraction of sp³-hybridized carbons (Fsp3) is 0.520. The molecule has 27 heavy (non-hydrogen) atoms. The summed E-state index contributed by atoms with van der Waals surface area (Å²) in [5.41, 5.74) is 0.385. The molecule has 4 aliphatic rings. The third-order valence-electron chi connectivity index (χ3n) is 7.56. The average molecular weight is 395 g/mol. The zero-order valence-electron chi connectivity index (χ0n) is 16.1. The smallest absolute Gasteiger partial charge is 0.170 e. The molecule has 2 radical (unpaired) electrons. The molecule has 4 rings (SSSR count). The van der Waals surface area contributed by atoms with Gasteiger partial charge in [0.15, 0.2) is 8.83 Å². The van der Waals surface area contributed by atoms with E-state index >= 15 is 0 Å². The number of hydrogen-bond acceptors (Lipinski definition) is 0. The molecule has 142 valence electrons. The molecule has 4 aliphatic carbocycles. The van der Waals surface area contributed by atoms with Crippen molar-refractivity contribution in [3.05, 3.63) is 73.9 Å². The van der Waals surface area contributed by atoms with Gasteiger partial charge in [0.1, 0.15) is 0 Å². The predicted molar refractivity (Wildman–Crippen MR) is 119 cm³/mol. The molecule has 0 aromatic heterocycles.